The molecule has 28 heavy (non-hydrogen) atoms. The number of carbonyl (C=O) groups is 1. The minimum Gasteiger partial charge on any atom is -0.444 e. The van der Waals surface area contributed by atoms with Crippen LogP contribution in [0.1, 0.15) is 10.5 Å². The number of halogens is 2. The van der Waals surface area contributed by atoms with Crippen LogP contribution in [-0.2, 0) is 4.74 Å². The number of oxazole rings is 1. The van der Waals surface area contributed by atoms with Gasteiger partial charge in [-0.25, -0.2) is 4.98 Å². The second-order valence-electron chi connectivity index (χ2n) is 6.27. The Morgan fingerprint density at radius 2 is 1.79 bits per heavy atom. The predicted molar refractivity (Wildman–Crippen MR) is 109 cm³/mol. The van der Waals surface area contributed by atoms with Crippen LogP contribution in [0.15, 0.2) is 53.1 Å². The average Bonchev–Trinajstić information content (AvgIpc) is 3.22. The molecule has 0 radical (unpaired) electrons. The zero-order chi connectivity index (χ0) is 19.5. The molecule has 3 aromatic rings. The molecular weight excluding hydrogens is 401 g/mol. The van der Waals surface area contributed by atoms with Crippen LogP contribution in [0.3, 0.4) is 0 Å². The highest BCUT2D eigenvalue weighted by molar-refractivity contribution is 6.42. The molecule has 0 unspecified atom stereocenters. The summed E-state index contributed by atoms with van der Waals surface area (Å²) in [6.45, 7) is 3.18. The molecule has 144 valence electrons. The standard InChI is InChI=1S/C20H17Cl2N3O3/c21-16-6-1-13(11-17(16)22)20-24-18(12-28-20)19(26)23-14-2-4-15(5-3-14)25-7-9-27-10-8-25/h1-6,11-12H,7-10H2,(H,23,26). The molecule has 2 aromatic carbocycles. The SMILES string of the molecule is O=C(Nc1ccc(N2CCOCC2)cc1)c1coc(-c2ccc(Cl)c(Cl)c2)n1. The molecule has 6 nitrogen and oxygen atoms in total. The molecule has 1 N–H and O–H groups in total. The Morgan fingerprint density at radius 1 is 1.04 bits per heavy atom. The van der Waals surface area contributed by atoms with E-state index in [9.17, 15) is 4.79 Å². The number of morpholine rings is 1. The van der Waals surface area contributed by atoms with Crippen molar-refractivity contribution in [2.75, 3.05) is 36.5 Å². The number of anilines is 2. The highest BCUT2D eigenvalue weighted by Gasteiger charge is 2.15. The Bertz CT molecular complexity index is 983. The first-order chi connectivity index (χ1) is 13.6. The van der Waals surface area contributed by atoms with Gasteiger partial charge in [0.1, 0.15) is 6.26 Å². The third-order valence-corrected chi connectivity index (χ3v) is 5.14. The molecule has 4 rings (SSSR count). The van der Waals surface area contributed by atoms with Gasteiger partial charge in [0, 0.05) is 30.0 Å². The molecule has 1 amide bonds. The highest BCUT2D eigenvalue weighted by Crippen LogP contribution is 2.28. The summed E-state index contributed by atoms with van der Waals surface area (Å²) < 4.78 is 10.8. The molecule has 0 spiro atoms. The van der Waals surface area contributed by atoms with Gasteiger partial charge in [-0.05, 0) is 42.5 Å². The number of ether oxygens (including phenoxy) is 1. The third kappa shape index (κ3) is 4.14. The van der Waals surface area contributed by atoms with Crippen molar-refractivity contribution < 1.29 is 13.9 Å². The van der Waals surface area contributed by atoms with Crippen molar-refractivity contribution in [1.82, 2.24) is 4.98 Å². The first kappa shape index (κ1) is 18.8. The lowest BCUT2D eigenvalue weighted by molar-refractivity contribution is 0.102. The van der Waals surface area contributed by atoms with Gasteiger partial charge in [0.05, 0.1) is 23.3 Å². The smallest absolute Gasteiger partial charge is 0.277 e. The van der Waals surface area contributed by atoms with Crippen LogP contribution in [-0.4, -0.2) is 37.2 Å². The molecule has 1 aromatic heterocycles. The normalized spacial score (nSPS) is 14.1. The van der Waals surface area contributed by atoms with Gasteiger partial charge >= 0.3 is 0 Å². The van der Waals surface area contributed by atoms with Crippen LogP contribution in [0.4, 0.5) is 11.4 Å². The van der Waals surface area contributed by atoms with Crippen molar-refractivity contribution >= 4 is 40.5 Å². The lowest BCUT2D eigenvalue weighted by atomic mass is 10.2. The van der Waals surface area contributed by atoms with Gasteiger partial charge in [0.2, 0.25) is 5.89 Å². The molecule has 2 heterocycles. The summed E-state index contributed by atoms with van der Waals surface area (Å²) >= 11 is 11.9. The topological polar surface area (TPSA) is 67.6 Å². The van der Waals surface area contributed by atoms with Crippen LogP contribution in [0.5, 0.6) is 0 Å². The zero-order valence-electron chi connectivity index (χ0n) is 14.8. The number of carbonyl (C=O) groups excluding carboxylic acids is 1. The molecular formula is C20H17Cl2N3O3. The number of benzene rings is 2. The number of amides is 1. The van der Waals surface area contributed by atoms with E-state index in [2.05, 4.69) is 15.2 Å². The van der Waals surface area contributed by atoms with Gasteiger partial charge in [-0.2, -0.15) is 0 Å². The van der Waals surface area contributed by atoms with Gasteiger partial charge in [0.25, 0.3) is 5.91 Å². The second kappa shape index (κ2) is 8.22. The Kier molecular flexibility index (Phi) is 5.52. The number of hydrogen-bond donors (Lipinski definition) is 1. The van der Waals surface area contributed by atoms with Crippen molar-refractivity contribution in [2.45, 2.75) is 0 Å². The Morgan fingerprint density at radius 3 is 2.50 bits per heavy atom. The van der Waals surface area contributed by atoms with E-state index in [1.165, 1.54) is 6.26 Å². The van der Waals surface area contributed by atoms with Gasteiger partial charge in [-0.15, -0.1) is 0 Å². The molecule has 1 aliphatic heterocycles. The summed E-state index contributed by atoms with van der Waals surface area (Å²) in [7, 11) is 0. The van der Waals surface area contributed by atoms with E-state index in [4.69, 9.17) is 32.4 Å². The first-order valence-corrected chi connectivity index (χ1v) is 9.51. The molecule has 0 bridgehead atoms. The molecule has 0 aliphatic carbocycles. The van der Waals surface area contributed by atoms with E-state index in [1.54, 1.807) is 18.2 Å². The van der Waals surface area contributed by atoms with Gasteiger partial charge in [0.15, 0.2) is 5.69 Å². The lowest BCUT2D eigenvalue weighted by Crippen LogP contribution is -2.36. The average molecular weight is 418 g/mol. The van der Waals surface area contributed by atoms with E-state index in [1.807, 2.05) is 24.3 Å². The zero-order valence-corrected chi connectivity index (χ0v) is 16.3. The molecule has 1 aliphatic rings. The van der Waals surface area contributed by atoms with Crippen molar-refractivity contribution in [2.24, 2.45) is 0 Å². The van der Waals surface area contributed by atoms with E-state index in [0.29, 0.717) is 27.2 Å². The van der Waals surface area contributed by atoms with E-state index >= 15 is 0 Å². The third-order valence-electron chi connectivity index (χ3n) is 4.40. The monoisotopic (exact) mass is 417 g/mol. The Hall–Kier alpha value is -2.54. The van der Waals surface area contributed by atoms with E-state index in [0.717, 1.165) is 32.0 Å². The molecule has 8 heteroatoms. The van der Waals surface area contributed by atoms with Crippen molar-refractivity contribution in [3.63, 3.8) is 0 Å². The quantitative estimate of drug-likeness (QED) is 0.663. The van der Waals surface area contributed by atoms with Gasteiger partial charge in [-0.1, -0.05) is 23.2 Å². The number of nitrogens with zero attached hydrogens (tertiary/aromatic N) is 2. The van der Waals surface area contributed by atoms with E-state index < -0.39 is 0 Å². The van der Waals surface area contributed by atoms with Crippen LogP contribution >= 0.6 is 23.2 Å². The number of hydrogen-bond acceptors (Lipinski definition) is 5. The maximum Gasteiger partial charge on any atom is 0.277 e. The van der Waals surface area contributed by atoms with Crippen LogP contribution in [0.2, 0.25) is 10.0 Å². The summed E-state index contributed by atoms with van der Waals surface area (Å²) in [4.78, 5) is 18.9. The fourth-order valence-corrected chi connectivity index (χ4v) is 3.21. The fraction of sp³-hybridized carbons (Fsp3) is 0.200. The van der Waals surface area contributed by atoms with Crippen molar-refractivity contribution in [1.29, 1.82) is 0 Å². The fourth-order valence-electron chi connectivity index (χ4n) is 2.91. The molecule has 0 atom stereocenters. The Balaban J connectivity index is 1.43. The highest BCUT2D eigenvalue weighted by atomic mass is 35.5. The number of rotatable bonds is 4. The first-order valence-electron chi connectivity index (χ1n) is 8.75. The van der Waals surface area contributed by atoms with Crippen LogP contribution in [0.25, 0.3) is 11.5 Å². The molecule has 0 saturated carbocycles. The number of aromatic nitrogens is 1. The minimum atomic E-state index is -0.353. The van der Waals surface area contributed by atoms with Gasteiger partial charge < -0.3 is 19.4 Å². The summed E-state index contributed by atoms with van der Waals surface area (Å²) in [6, 6.07) is 12.7. The summed E-state index contributed by atoms with van der Waals surface area (Å²) in [5.74, 6) is -0.0550. The van der Waals surface area contributed by atoms with Crippen LogP contribution < -0.4 is 10.2 Å². The maximum atomic E-state index is 12.5. The molecule has 1 fully saturated rings. The summed E-state index contributed by atoms with van der Waals surface area (Å²) in [5.41, 5.74) is 2.60. The second-order valence-corrected chi connectivity index (χ2v) is 7.08. The lowest BCUT2D eigenvalue weighted by Gasteiger charge is -2.28. The van der Waals surface area contributed by atoms with Crippen molar-refractivity contribution in [3.8, 4) is 11.5 Å². The molecule has 1 saturated heterocycles. The maximum absolute atomic E-state index is 12.5. The van der Waals surface area contributed by atoms with Crippen molar-refractivity contribution in [3.05, 3.63) is 64.5 Å². The summed E-state index contributed by atoms with van der Waals surface area (Å²) in [5, 5.41) is 3.65. The van der Waals surface area contributed by atoms with E-state index in [-0.39, 0.29) is 11.6 Å². The van der Waals surface area contributed by atoms with Crippen LogP contribution in [0, 0.1) is 0 Å². The largest absolute Gasteiger partial charge is 0.444 e. The summed E-state index contributed by atoms with van der Waals surface area (Å²) in [6.07, 6.45) is 1.31. The minimum absolute atomic E-state index is 0.179. The number of nitrogens with one attached hydrogen (secondary N) is 1. The predicted octanol–water partition coefficient (Wildman–Crippen LogP) is 4.74. The Labute approximate surface area is 172 Å². The van der Waals surface area contributed by atoms with Gasteiger partial charge in [-0.3, -0.25) is 4.79 Å².